The Balaban J connectivity index is 1.88. The Hall–Kier alpha value is -2.41. The van der Waals surface area contributed by atoms with Crippen molar-refractivity contribution in [1.82, 2.24) is 9.97 Å². The largest absolute Gasteiger partial charge is 0.413 e. The number of rotatable bonds is 2. The summed E-state index contributed by atoms with van der Waals surface area (Å²) in [4.78, 5) is 29.5. The van der Waals surface area contributed by atoms with E-state index in [1.54, 1.807) is 4.57 Å². The van der Waals surface area contributed by atoms with Crippen LogP contribution in [0, 0.1) is 0 Å². The predicted octanol–water partition coefficient (Wildman–Crippen LogP) is -0.823. The molecule has 2 aromatic heterocycles. The van der Waals surface area contributed by atoms with Crippen molar-refractivity contribution in [3.63, 3.8) is 0 Å². The van der Waals surface area contributed by atoms with Gasteiger partial charge in [0.1, 0.15) is 0 Å². The van der Waals surface area contributed by atoms with E-state index in [1.165, 1.54) is 6.07 Å². The van der Waals surface area contributed by atoms with Crippen molar-refractivity contribution >= 4 is 5.69 Å². The van der Waals surface area contributed by atoms with Gasteiger partial charge in [-0.3, -0.25) is 9.78 Å². The molecule has 1 aliphatic rings. The van der Waals surface area contributed by atoms with Crippen LogP contribution in [0.15, 0.2) is 40.2 Å². The van der Waals surface area contributed by atoms with Gasteiger partial charge >= 0.3 is 5.69 Å². The number of pyridine rings is 1. The Morgan fingerprint density at radius 1 is 1.10 bits per heavy atom. The summed E-state index contributed by atoms with van der Waals surface area (Å²) >= 11 is 0. The number of hydrogen-bond acceptors (Lipinski definition) is 4. The Labute approximate surface area is 114 Å². The third-order valence-corrected chi connectivity index (χ3v) is 3.21. The maximum Gasteiger partial charge on any atom is 0.413 e. The van der Waals surface area contributed by atoms with Gasteiger partial charge in [0.2, 0.25) is 0 Å². The summed E-state index contributed by atoms with van der Waals surface area (Å²) in [7, 11) is 0. The molecule has 104 valence electrons. The maximum atomic E-state index is 11.3. The van der Waals surface area contributed by atoms with Crippen LogP contribution in [0.25, 0.3) is 5.82 Å². The van der Waals surface area contributed by atoms with Crippen LogP contribution in [0.2, 0.25) is 0 Å². The summed E-state index contributed by atoms with van der Waals surface area (Å²) < 4.78 is 7.01. The van der Waals surface area contributed by atoms with Gasteiger partial charge in [-0.15, -0.1) is 0 Å². The Morgan fingerprint density at radius 2 is 1.80 bits per heavy atom. The lowest BCUT2D eigenvalue weighted by Gasteiger charge is -2.28. The smallest absolute Gasteiger partial charge is 0.378 e. The lowest BCUT2D eigenvalue weighted by molar-refractivity contribution is -0.599. The van der Waals surface area contributed by atoms with Crippen molar-refractivity contribution in [3.05, 3.63) is 51.4 Å². The SMILES string of the molecule is O=c1cc(-[n+]2ccc(N3CCOCC3)cc2)[nH]c(=O)[nH]1. The normalized spacial score (nSPS) is 15.3. The zero-order valence-electron chi connectivity index (χ0n) is 10.8. The Kier molecular flexibility index (Phi) is 3.34. The molecular weight excluding hydrogens is 260 g/mol. The summed E-state index contributed by atoms with van der Waals surface area (Å²) in [6, 6.07) is 5.24. The minimum atomic E-state index is -0.516. The third kappa shape index (κ3) is 2.62. The summed E-state index contributed by atoms with van der Waals surface area (Å²) in [6.45, 7) is 3.20. The van der Waals surface area contributed by atoms with E-state index in [-0.39, 0.29) is 0 Å². The lowest BCUT2D eigenvalue weighted by Crippen LogP contribution is -2.39. The number of nitrogens with one attached hydrogen (secondary N) is 2. The first-order valence-corrected chi connectivity index (χ1v) is 6.40. The molecule has 0 unspecified atom stereocenters. The zero-order valence-corrected chi connectivity index (χ0v) is 10.8. The van der Waals surface area contributed by atoms with Gasteiger partial charge < -0.3 is 9.64 Å². The molecule has 3 heterocycles. The molecule has 1 fully saturated rings. The number of H-pyrrole nitrogens is 2. The fourth-order valence-corrected chi connectivity index (χ4v) is 2.21. The molecule has 0 radical (unpaired) electrons. The molecule has 1 aliphatic heterocycles. The van der Waals surface area contributed by atoms with E-state index in [0.717, 1.165) is 32.0 Å². The monoisotopic (exact) mass is 275 g/mol. The van der Waals surface area contributed by atoms with Crippen molar-refractivity contribution in [2.24, 2.45) is 0 Å². The van der Waals surface area contributed by atoms with Crippen molar-refractivity contribution < 1.29 is 9.30 Å². The molecule has 0 aromatic carbocycles. The van der Waals surface area contributed by atoms with Crippen LogP contribution >= 0.6 is 0 Å². The molecule has 3 rings (SSSR count). The second-order valence-corrected chi connectivity index (χ2v) is 4.54. The number of anilines is 1. The quantitative estimate of drug-likeness (QED) is 0.701. The summed E-state index contributed by atoms with van der Waals surface area (Å²) in [6.07, 6.45) is 3.63. The third-order valence-electron chi connectivity index (χ3n) is 3.21. The van der Waals surface area contributed by atoms with Gasteiger partial charge in [-0.25, -0.2) is 9.36 Å². The fraction of sp³-hybridized carbons (Fsp3) is 0.308. The van der Waals surface area contributed by atoms with Crippen LogP contribution in [-0.4, -0.2) is 36.3 Å². The minimum Gasteiger partial charge on any atom is -0.378 e. The fourth-order valence-electron chi connectivity index (χ4n) is 2.21. The highest BCUT2D eigenvalue weighted by atomic mass is 16.5. The van der Waals surface area contributed by atoms with Crippen molar-refractivity contribution in [2.45, 2.75) is 0 Å². The second-order valence-electron chi connectivity index (χ2n) is 4.54. The first-order chi connectivity index (χ1) is 9.72. The number of morpholine rings is 1. The van der Waals surface area contributed by atoms with Gasteiger partial charge in [0.05, 0.1) is 31.7 Å². The van der Waals surface area contributed by atoms with Gasteiger partial charge in [-0.05, 0) is 0 Å². The van der Waals surface area contributed by atoms with Gasteiger partial charge in [-0.1, -0.05) is 0 Å². The first kappa shape index (κ1) is 12.6. The van der Waals surface area contributed by atoms with Crippen LogP contribution in [0.3, 0.4) is 0 Å². The van der Waals surface area contributed by atoms with Crippen molar-refractivity contribution in [3.8, 4) is 5.82 Å². The summed E-state index contributed by atoms with van der Waals surface area (Å²) in [5.74, 6) is 0.437. The van der Waals surface area contributed by atoms with E-state index in [1.807, 2.05) is 24.5 Å². The molecule has 7 heteroatoms. The number of nitrogens with zero attached hydrogens (tertiary/aromatic N) is 2. The highest BCUT2D eigenvalue weighted by Crippen LogP contribution is 2.13. The number of ether oxygens (including phenoxy) is 1. The van der Waals surface area contributed by atoms with Gasteiger partial charge in [-0.2, -0.15) is 4.98 Å². The molecular formula is C13H15N4O3+. The van der Waals surface area contributed by atoms with E-state index < -0.39 is 11.2 Å². The molecule has 2 aromatic rings. The molecule has 0 amide bonds. The van der Waals surface area contributed by atoms with E-state index in [9.17, 15) is 9.59 Å². The molecule has 0 atom stereocenters. The van der Waals surface area contributed by atoms with Crippen LogP contribution in [0.4, 0.5) is 5.69 Å². The maximum absolute atomic E-state index is 11.3. The first-order valence-electron chi connectivity index (χ1n) is 6.40. The molecule has 1 saturated heterocycles. The second kappa shape index (κ2) is 5.30. The highest BCUT2D eigenvalue weighted by molar-refractivity contribution is 5.44. The van der Waals surface area contributed by atoms with E-state index >= 15 is 0 Å². The molecule has 20 heavy (non-hydrogen) atoms. The number of aromatic nitrogens is 3. The standard InChI is InChI=1S/C13H14N4O3/c18-12-9-11(14-13(19)15-12)17-3-1-10(2-4-17)16-5-7-20-8-6-16/h1-4,9H,5-8H2,(H-,14,15,18,19)/p+1. The average Bonchev–Trinajstić information content (AvgIpc) is 2.47. The minimum absolute atomic E-state index is 0.423. The van der Waals surface area contributed by atoms with Crippen molar-refractivity contribution in [2.75, 3.05) is 31.2 Å². The Morgan fingerprint density at radius 3 is 2.45 bits per heavy atom. The Bertz CT molecular complexity index is 670. The number of hydrogen-bond donors (Lipinski definition) is 2. The van der Waals surface area contributed by atoms with E-state index in [0.29, 0.717) is 5.82 Å². The van der Waals surface area contributed by atoms with E-state index in [4.69, 9.17) is 4.74 Å². The van der Waals surface area contributed by atoms with Gasteiger partial charge in [0.15, 0.2) is 0 Å². The van der Waals surface area contributed by atoms with Crippen LogP contribution in [0.5, 0.6) is 0 Å². The van der Waals surface area contributed by atoms with Crippen molar-refractivity contribution in [1.29, 1.82) is 0 Å². The van der Waals surface area contributed by atoms with Crippen LogP contribution in [-0.2, 0) is 4.74 Å². The molecule has 0 aliphatic carbocycles. The molecule has 2 N–H and O–H groups in total. The van der Waals surface area contributed by atoms with E-state index in [2.05, 4.69) is 14.9 Å². The summed E-state index contributed by atoms with van der Waals surface area (Å²) in [5.41, 5.74) is 0.155. The van der Waals surface area contributed by atoms with Crippen LogP contribution < -0.4 is 20.7 Å². The molecule has 0 bridgehead atoms. The summed E-state index contributed by atoms with van der Waals surface area (Å²) in [5, 5.41) is 0. The molecule has 7 nitrogen and oxygen atoms in total. The van der Waals surface area contributed by atoms with Crippen LogP contribution in [0.1, 0.15) is 0 Å². The van der Waals surface area contributed by atoms with Gasteiger partial charge in [0, 0.05) is 30.9 Å². The zero-order chi connectivity index (χ0) is 13.9. The number of aromatic amines is 2. The molecule has 0 saturated carbocycles. The van der Waals surface area contributed by atoms with Gasteiger partial charge in [0.25, 0.3) is 11.4 Å². The predicted molar refractivity (Wildman–Crippen MR) is 72.2 cm³/mol. The highest BCUT2D eigenvalue weighted by Gasteiger charge is 2.13. The molecule has 0 spiro atoms. The average molecular weight is 275 g/mol. The lowest BCUT2D eigenvalue weighted by atomic mass is 10.3. The topological polar surface area (TPSA) is 82.1 Å².